The highest BCUT2D eigenvalue weighted by molar-refractivity contribution is 5.94. The van der Waals surface area contributed by atoms with E-state index in [2.05, 4.69) is 20.8 Å². The second-order valence-corrected chi connectivity index (χ2v) is 7.57. The molecule has 0 spiro atoms. The van der Waals surface area contributed by atoms with E-state index in [1.165, 1.54) is 13.3 Å². The van der Waals surface area contributed by atoms with Crippen LogP contribution in [0, 0.1) is 17.8 Å². The van der Waals surface area contributed by atoms with Crippen LogP contribution in [-0.4, -0.2) is 45.3 Å². The Balaban J connectivity index is 0.000000684. The maximum Gasteiger partial charge on any atom is 0.331 e. The monoisotopic (exact) mass is 400 g/mol. The third kappa shape index (κ3) is 11.4. The van der Waals surface area contributed by atoms with Crippen LogP contribution in [0.1, 0.15) is 66.2 Å². The first-order valence-electron chi connectivity index (χ1n) is 9.49. The summed E-state index contributed by atoms with van der Waals surface area (Å²) < 4.78 is 5.59. The van der Waals surface area contributed by atoms with Gasteiger partial charge in [-0.15, -0.1) is 0 Å². The Kier molecular flexibility index (Phi) is 11.8. The third-order valence-corrected chi connectivity index (χ3v) is 4.69. The number of esters is 1. The molecular formula is C20H32O8. The van der Waals surface area contributed by atoms with Crippen LogP contribution in [-0.2, 0) is 23.9 Å². The molecule has 1 aliphatic rings. The average molecular weight is 400 g/mol. The Labute approximate surface area is 165 Å². The summed E-state index contributed by atoms with van der Waals surface area (Å²) in [4.78, 5) is 41.8. The van der Waals surface area contributed by atoms with Crippen molar-refractivity contribution in [2.75, 3.05) is 0 Å². The summed E-state index contributed by atoms with van der Waals surface area (Å²) in [6.45, 7) is 7.76. The van der Waals surface area contributed by atoms with Crippen molar-refractivity contribution in [3.63, 3.8) is 0 Å². The molecule has 1 rings (SSSR count). The summed E-state index contributed by atoms with van der Waals surface area (Å²) >= 11 is 0. The van der Waals surface area contributed by atoms with E-state index in [1.807, 2.05) is 0 Å². The van der Waals surface area contributed by atoms with Gasteiger partial charge >= 0.3 is 23.9 Å². The predicted molar refractivity (Wildman–Crippen MR) is 102 cm³/mol. The zero-order valence-corrected chi connectivity index (χ0v) is 17.0. The molecule has 0 aliphatic heterocycles. The van der Waals surface area contributed by atoms with Crippen LogP contribution in [0.25, 0.3) is 0 Å². The molecule has 1 saturated carbocycles. The quantitative estimate of drug-likeness (QED) is 0.416. The minimum absolute atomic E-state index is 0.0149. The van der Waals surface area contributed by atoms with Crippen molar-refractivity contribution in [2.45, 2.75) is 72.3 Å². The molecule has 1 fully saturated rings. The molecule has 3 unspecified atom stereocenters. The van der Waals surface area contributed by atoms with Crippen LogP contribution >= 0.6 is 0 Å². The number of carbonyl (C=O) groups is 4. The fraction of sp³-hybridized carbons (Fsp3) is 0.700. The van der Waals surface area contributed by atoms with Crippen LogP contribution in [0.15, 0.2) is 11.6 Å². The van der Waals surface area contributed by atoms with Crippen molar-refractivity contribution in [1.29, 1.82) is 0 Å². The Morgan fingerprint density at radius 2 is 1.68 bits per heavy atom. The van der Waals surface area contributed by atoms with Gasteiger partial charge in [0, 0.05) is 24.5 Å². The van der Waals surface area contributed by atoms with Crippen LogP contribution in [0.3, 0.4) is 0 Å². The van der Waals surface area contributed by atoms with Gasteiger partial charge in [0.15, 0.2) is 0 Å². The van der Waals surface area contributed by atoms with Gasteiger partial charge in [0.05, 0.1) is 0 Å². The highest BCUT2D eigenvalue weighted by Crippen LogP contribution is 2.35. The lowest BCUT2D eigenvalue weighted by molar-refractivity contribution is -0.156. The predicted octanol–water partition coefficient (Wildman–Crippen LogP) is 3.35. The van der Waals surface area contributed by atoms with Gasteiger partial charge in [0.1, 0.15) is 6.10 Å². The summed E-state index contributed by atoms with van der Waals surface area (Å²) in [5.74, 6) is -1.99. The SMILES string of the molecule is C/C(=C/C(=O)O)C(=O)O.CC1CCC(C(C)C)C(OC(=O)CCCC(=O)O)C1. The van der Waals surface area contributed by atoms with Crippen molar-refractivity contribution in [3.8, 4) is 0 Å². The molecule has 0 radical (unpaired) electrons. The summed E-state index contributed by atoms with van der Waals surface area (Å²) in [5.41, 5.74) is -0.178. The van der Waals surface area contributed by atoms with E-state index in [4.69, 9.17) is 20.1 Å². The van der Waals surface area contributed by atoms with Crippen LogP contribution in [0.5, 0.6) is 0 Å². The van der Waals surface area contributed by atoms with Gasteiger partial charge in [0.25, 0.3) is 0 Å². The largest absolute Gasteiger partial charge is 0.481 e. The summed E-state index contributed by atoms with van der Waals surface area (Å²) in [5, 5.41) is 24.6. The van der Waals surface area contributed by atoms with Crippen molar-refractivity contribution in [3.05, 3.63) is 11.6 Å². The van der Waals surface area contributed by atoms with Gasteiger partial charge in [-0.2, -0.15) is 0 Å². The van der Waals surface area contributed by atoms with E-state index >= 15 is 0 Å². The maximum absolute atomic E-state index is 11.8. The van der Waals surface area contributed by atoms with Gasteiger partial charge in [-0.25, -0.2) is 9.59 Å². The van der Waals surface area contributed by atoms with Crippen molar-refractivity contribution in [2.24, 2.45) is 17.8 Å². The lowest BCUT2D eigenvalue weighted by Gasteiger charge is -2.36. The molecule has 0 aromatic carbocycles. The first kappa shape index (κ1) is 25.6. The minimum atomic E-state index is -1.24. The molecule has 28 heavy (non-hydrogen) atoms. The second-order valence-electron chi connectivity index (χ2n) is 7.57. The molecule has 0 saturated heterocycles. The molecule has 8 heteroatoms. The Bertz CT molecular complexity index is 579. The maximum atomic E-state index is 11.8. The summed E-state index contributed by atoms with van der Waals surface area (Å²) in [6, 6.07) is 0. The Morgan fingerprint density at radius 1 is 1.07 bits per heavy atom. The molecule has 8 nitrogen and oxygen atoms in total. The van der Waals surface area contributed by atoms with Gasteiger partial charge in [-0.05, 0) is 43.9 Å². The fourth-order valence-corrected chi connectivity index (χ4v) is 3.11. The second kappa shape index (κ2) is 12.9. The minimum Gasteiger partial charge on any atom is -0.481 e. The Hall–Kier alpha value is -2.38. The molecule has 1 aliphatic carbocycles. The van der Waals surface area contributed by atoms with Gasteiger partial charge < -0.3 is 20.1 Å². The van der Waals surface area contributed by atoms with E-state index < -0.39 is 17.9 Å². The molecule has 0 aromatic rings. The molecule has 3 N–H and O–H groups in total. The summed E-state index contributed by atoms with van der Waals surface area (Å²) in [7, 11) is 0. The van der Waals surface area contributed by atoms with Gasteiger partial charge in [-0.1, -0.05) is 27.2 Å². The topological polar surface area (TPSA) is 138 Å². The molecule has 0 amide bonds. The first-order chi connectivity index (χ1) is 12.9. The number of hydrogen-bond acceptors (Lipinski definition) is 5. The highest BCUT2D eigenvalue weighted by atomic mass is 16.5. The summed E-state index contributed by atoms with van der Waals surface area (Å²) in [6.07, 6.45) is 4.52. The van der Waals surface area contributed by atoms with Crippen molar-refractivity contribution >= 4 is 23.9 Å². The number of aliphatic carboxylic acids is 3. The lowest BCUT2D eigenvalue weighted by Crippen LogP contribution is -2.35. The zero-order chi connectivity index (χ0) is 21.9. The van der Waals surface area contributed by atoms with E-state index in [0.717, 1.165) is 12.8 Å². The molecule has 160 valence electrons. The average Bonchev–Trinajstić information content (AvgIpc) is 2.54. The zero-order valence-electron chi connectivity index (χ0n) is 17.0. The Morgan fingerprint density at radius 3 is 2.11 bits per heavy atom. The van der Waals surface area contributed by atoms with Gasteiger partial charge in [0.2, 0.25) is 0 Å². The van der Waals surface area contributed by atoms with E-state index in [-0.39, 0.29) is 30.5 Å². The standard InChI is InChI=1S/C15H26O4.C5H6O4/c1-10(2)12-8-7-11(3)9-13(12)19-15(18)6-4-5-14(16)17;1-3(5(8)9)2-4(6)7/h10-13H,4-9H2,1-3H3,(H,16,17);2H,1H3,(H,6,7)(H,8,9)/b;3-2-. The number of carboxylic acids is 3. The molecule has 0 bridgehead atoms. The van der Waals surface area contributed by atoms with Crippen molar-refractivity contribution in [1.82, 2.24) is 0 Å². The van der Waals surface area contributed by atoms with E-state index in [0.29, 0.717) is 30.3 Å². The lowest BCUT2D eigenvalue weighted by atomic mass is 9.75. The van der Waals surface area contributed by atoms with Crippen molar-refractivity contribution < 1.29 is 39.2 Å². The van der Waals surface area contributed by atoms with Crippen LogP contribution in [0.4, 0.5) is 0 Å². The molecule has 0 aromatic heterocycles. The smallest absolute Gasteiger partial charge is 0.331 e. The molecular weight excluding hydrogens is 368 g/mol. The number of hydrogen-bond donors (Lipinski definition) is 3. The van der Waals surface area contributed by atoms with E-state index in [9.17, 15) is 19.2 Å². The van der Waals surface area contributed by atoms with Crippen LogP contribution < -0.4 is 0 Å². The normalized spacial score (nSPS) is 22.0. The van der Waals surface area contributed by atoms with Gasteiger partial charge in [-0.3, -0.25) is 9.59 Å². The number of carbonyl (C=O) groups excluding carboxylic acids is 1. The first-order valence-corrected chi connectivity index (χ1v) is 9.49. The fourth-order valence-electron chi connectivity index (χ4n) is 3.11. The van der Waals surface area contributed by atoms with Crippen LogP contribution in [0.2, 0.25) is 0 Å². The highest BCUT2D eigenvalue weighted by Gasteiger charge is 2.33. The number of ether oxygens (including phenoxy) is 1. The number of rotatable bonds is 8. The van der Waals surface area contributed by atoms with E-state index in [1.54, 1.807) is 0 Å². The molecule has 0 heterocycles. The molecule has 3 atom stereocenters. The number of carboxylic acid groups (broad SMARTS) is 3. The third-order valence-electron chi connectivity index (χ3n) is 4.69.